The summed E-state index contributed by atoms with van der Waals surface area (Å²) in [6.45, 7) is 0. The van der Waals surface area contributed by atoms with E-state index in [1.165, 1.54) is 33.8 Å². The molecule has 1 fully saturated rings. The van der Waals surface area contributed by atoms with Gasteiger partial charge in [0.25, 0.3) is 0 Å². The number of fused-ring (bicyclic) bond motifs is 7. The normalized spacial score (nSPS) is 20.9. The van der Waals surface area contributed by atoms with Crippen molar-refractivity contribution in [1.29, 1.82) is 10.5 Å². The number of Topliss-reactive ketones (excluding diaryl/α,β-unsaturated/α-hetero) is 2. The molecular formula is C35H22N4O3S2. The summed E-state index contributed by atoms with van der Waals surface area (Å²) in [4.78, 5) is 38.3. The van der Waals surface area contributed by atoms with Gasteiger partial charge in [-0.3, -0.25) is 9.59 Å². The lowest BCUT2D eigenvalue weighted by Crippen LogP contribution is -2.27. The van der Waals surface area contributed by atoms with Crippen LogP contribution in [0.1, 0.15) is 81.2 Å². The van der Waals surface area contributed by atoms with E-state index >= 15 is 0 Å². The third-order valence-corrected chi connectivity index (χ3v) is 11.4. The molecule has 212 valence electrons. The molecule has 2 aromatic carbocycles. The molecule has 2 aromatic heterocycles. The highest BCUT2D eigenvalue weighted by Gasteiger charge is 2.47. The van der Waals surface area contributed by atoms with Crippen LogP contribution in [0.25, 0.3) is 15.3 Å². The Bertz CT molecular complexity index is 2130. The van der Waals surface area contributed by atoms with E-state index in [2.05, 4.69) is 12.1 Å². The number of hydrogen-bond acceptors (Lipinski definition) is 9. The second kappa shape index (κ2) is 9.87. The minimum absolute atomic E-state index is 0.119. The van der Waals surface area contributed by atoms with Crippen molar-refractivity contribution >= 4 is 61.2 Å². The fraction of sp³-hybridized carbons (Fsp3) is 0.200. The number of rotatable bonds is 2. The third kappa shape index (κ3) is 3.67. The van der Waals surface area contributed by atoms with Crippen molar-refractivity contribution < 1.29 is 14.7 Å². The quantitative estimate of drug-likeness (QED) is 0.232. The first-order chi connectivity index (χ1) is 21.4. The van der Waals surface area contributed by atoms with Gasteiger partial charge in [0.1, 0.15) is 45.2 Å². The van der Waals surface area contributed by atoms with Gasteiger partial charge in [-0.25, -0.2) is 9.98 Å². The summed E-state index contributed by atoms with van der Waals surface area (Å²) in [6, 6.07) is 22.1. The van der Waals surface area contributed by atoms with E-state index in [4.69, 9.17) is 9.98 Å². The topological polar surface area (TPSA) is 127 Å². The molecule has 1 saturated carbocycles. The van der Waals surface area contributed by atoms with Gasteiger partial charge in [0, 0.05) is 22.1 Å². The van der Waals surface area contributed by atoms with E-state index < -0.39 is 6.10 Å². The number of ketones is 2. The zero-order valence-corrected chi connectivity index (χ0v) is 24.9. The summed E-state index contributed by atoms with van der Waals surface area (Å²) in [5.74, 6) is -0.542. The van der Waals surface area contributed by atoms with Crippen LogP contribution in [0.2, 0.25) is 0 Å². The smallest absolute Gasteiger partial charge is 0.212 e. The van der Waals surface area contributed by atoms with Gasteiger partial charge >= 0.3 is 0 Å². The molecule has 4 aromatic rings. The SMILES string of the molecule is N#CC(C#N)=C1C(=Nc2cc3c(s2)-c2sc(N=C4C(=O)c5ccccc5C4O)cc2C32CCCCC2)C(=O)c2ccccc21. The molecule has 1 atom stereocenters. The second-order valence-corrected chi connectivity index (χ2v) is 13.5. The number of thiophene rings is 2. The standard InChI is InChI=1S/C35H22N4O3S2/c36-16-18(17-37)27-19-8-2-3-9-20(19)30(40)28(27)38-25-14-23-33(43-25)34-24(35(23)12-6-1-7-13-35)15-26(44-34)39-29-31(41)21-10-4-5-11-22(21)32(29)42/h2-5,8-11,14-15,31,41H,1,6-7,12-13H2. The van der Waals surface area contributed by atoms with E-state index in [-0.39, 0.29) is 39.6 Å². The zero-order chi connectivity index (χ0) is 30.2. The Hall–Kier alpha value is -4.80. The van der Waals surface area contributed by atoms with Crippen LogP contribution in [0.4, 0.5) is 10.0 Å². The largest absolute Gasteiger partial charge is 0.382 e. The maximum absolute atomic E-state index is 13.5. The second-order valence-electron chi connectivity index (χ2n) is 11.4. The van der Waals surface area contributed by atoms with Gasteiger partial charge in [-0.15, -0.1) is 22.7 Å². The van der Waals surface area contributed by atoms with Crippen LogP contribution >= 0.6 is 22.7 Å². The lowest BCUT2D eigenvalue weighted by Gasteiger charge is -2.34. The fourth-order valence-corrected chi connectivity index (χ4v) is 9.65. The minimum atomic E-state index is -1.05. The highest BCUT2D eigenvalue weighted by Crippen LogP contribution is 2.62. The molecule has 1 unspecified atom stereocenters. The lowest BCUT2D eigenvalue weighted by molar-refractivity contribution is 0.105. The molecule has 0 amide bonds. The summed E-state index contributed by atoms with van der Waals surface area (Å²) in [6.07, 6.45) is 4.22. The van der Waals surface area contributed by atoms with Crippen LogP contribution in [0, 0.1) is 22.7 Å². The molecule has 8 rings (SSSR count). The molecule has 44 heavy (non-hydrogen) atoms. The predicted octanol–water partition coefficient (Wildman–Crippen LogP) is 7.81. The highest BCUT2D eigenvalue weighted by atomic mass is 32.1. The summed E-state index contributed by atoms with van der Waals surface area (Å²) in [7, 11) is 0. The molecule has 1 N–H and O–H groups in total. The Labute approximate surface area is 260 Å². The highest BCUT2D eigenvalue weighted by molar-refractivity contribution is 7.26. The number of allylic oxidation sites excluding steroid dienone is 2. The van der Waals surface area contributed by atoms with Crippen LogP contribution in [-0.2, 0) is 5.41 Å². The van der Waals surface area contributed by atoms with Gasteiger partial charge < -0.3 is 5.11 Å². The maximum Gasteiger partial charge on any atom is 0.212 e. The Morgan fingerprint density at radius 1 is 0.795 bits per heavy atom. The van der Waals surface area contributed by atoms with E-state index in [1.54, 1.807) is 42.5 Å². The van der Waals surface area contributed by atoms with E-state index in [0.29, 0.717) is 32.3 Å². The molecule has 9 heteroatoms. The summed E-state index contributed by atoms with van der Waals surface area (Å²) >= 11 is 3.00. The first kappa shape index (κ1) is 26.8. The molecule has 0 radical (unpaired) electrons. The van der Waals surface area contributed by atoms with Crippen LogP contribution in [-0.4, -0.2) is 28.1 Å². The third-order valence-electron chi connectivity index (χ3n) is 9.19. The van der Waals surface area contributed by atoms with E-state index in [1.807, 2.05) is 18.2 Å². The van der Waals surface area contributed by atoms with Crippen LogP contribution < -0.4 is 0 Å². The molecule has 2 heterocycles. The predicted molar refractivity (Wildman–Crippen MR) is 170 cm³/mol. The maximum atomic E-state index is 13.5. The number of carbonyl (C=O) groups is 2. The summed E-state index contributed by atoms with van der Waals surface area (Å²) in [5, 5.41) is 31.6. The van der Waals surface area contributed by atoms with Crippen molar-refractivity contribution in [2.75, 3.05) is 0 Å². The Balaban J connectivity index is 1.25. The Morgan fingerprint density at radius 2 is 1.39 bits per heavy atom. The minimum Gasteiger partial charge on any atom is -0.382 e. The van der Waals surface area contributed by atoms with Gasteiger partial charge in [0.2, 0.25) is 11.6 Å². The van der Waals surface area contributed by atoms with Crippen LogP contribution in [0.15, 0.2) is 76.2 Å². The van der Waals surface area contributed by atoms with Gasteiger partial charge in [-0.05, 0) is 47.2 Å². The summed E-state index contributed by atoms with van der Waals surface area (Å²) < 4.78 is 0. The van der Waals surface area contributed by atoms with Crippen molar-refractivity contribution in [3.63, 3.8) is 0 Å². The van der Waals surface area contributed by atoms with Gasteiger partial charge in [-0.1, -0.05) is 67.8 Å². The van der Waals surface area contributed by atoms with Crippen molar-refractivity contribution in [2.24, 2.45) is 9.98 Å². The zero-order valence-electron chi connectivity index (χ0n) is 23.3. The molecular weight excluding hydrogens is 589 g/mol. The Kier molecular flexibility index (Phi) is 6.01. The van der Waals surface area contributed by atoms with Crippen molar-refractivity contribution in [3.05, 3.63) is 99.6 Å². The number of carbonyl (C=O) groups excluding carboxylic acids is 2. The van der Waals surface area contributed by atoms with E-state index in [9.17, 15) is 25.2 Å². The number of aliphatic hydroxyl groups excluding tert-OH is 1. The first-order valence-corrected chi connectivity index (χ1v) is 16.1. The molecule has 4 aliphatic rings. The van der Waals surface area contributed by atoms with Gasteiger partial charge in [0.15, 0.2) is 0 Å². The number of aliphatic imine (C=N–C) groups is 2. The van der Waals surface area contributed by atoms with Crippen molar-refractivity contribution in [1.82, 2.24) is 0 Å². The fourth-order valence-electron chi connectivity index (χ4n) is 7.21. The average molecular weight is 611 g/mol. The molecule has 7 nitrogen and oxygen atoms in total. The number of benzene rings is 2. The number of hydrogen-bond donors (Lipinski definition) is 1. The molecule has 0 aliphatic heterocycles. The molecule has 1 spiro atoms. The monoisotopic (exact) mass is 610 g/mol. The van der Waals surface area contributed by atoms with Crippen molar-refractivity contribution in [2.45, 2.75) is 43.6 Å². The van der Waals surface area contributed by atoms with Crippen LogP contribution in [0.5, 0.6) is 0 Å². The first-order valence-electron chi connectivity index (χ1n) is 14.4. The Morgan fingerprint density at radius 3 is 2.02 bits per heavy atom. The van der Waals surface area contributed by atoms with Gasteiger partial charge in [-0.2, -0.15) is 10.5 Å². The van der Waals surface area contributed by atoms with Crippen LogP contribution in [0.3, 0.4) is 0 Å². The number of nitrogens with zero attached hydrogens (tertiary/aromatic N) is 4. The molecule has 4 aliphatic carbocycles. The van der Waals surface area contributed by atoms with Crippen molar-refractivity contribution in [3.8, 4) is 21.9 Å². The van der Waals surface area contributed by atoms with E-state index in [0.717, 1.165) is 41.9 Å². The molecule has 0 saturated heterocycles. The molecule has 0 bridgehead atoms. The number of aliphatic hydroxyl groups is 1. The number of nitriles is 2. The van der Waals surface area contributed by atoms with Gasteiger partial charge in [0.05, 0.1) is 9.75 Å². The summed E-state index contributed by atoms with van der Waals surface area (Å²) in [5.41, 5.74) is 4.67. The lowest BCUT2D eigenvalue weighted by atomic mass is 9.68. The average Bonchev–Trinajstić information content (AvgIpc) is 3.83.